The van der Waals surface area contributed by atoms with Crippen molar-refractivity contribution in [1.29, 1.82) is 0 Å². The van der Waals surface area contributed by atoms with E-state index in [4.69, 9.17) is 4.74 Å². The lowest BCUT2D eigenvalue weighted by Gasteiger charge is -2.29. The van der Waals surface area contributed by atoms with Gasteiger partial charge in [-0.05, 0) is 48.7 Å². The van der Waals surface area contributed by atoms with E-state index < -0.39 is 6.16 Å². The van der Waals surface area contributed by atoms with Crippen LogP contribution in [0.15, 0.2) is 39.6 Å². The van der Waals surface area contributed by atoms with Crippen molar-refractivity contribution in [3.8, 4) is 0 Å². The second-order valence-electron chi connectivity index (χ2n) is 4.47. The van der Waals surface area contributed by atoms with E-state index in [2.05, 4.69) is 15.4 Å². The van der Waals surface area contributed by atoms with Crippen molar-refractivity contribution >= 4 is 17.5 Å². The molecule has 0 aromatic carbocycles. The van der Waals surface area contributed by atoms with Gasteiger partial charge in [-0.2, -0.15) is 11.3 Å². The number of hydrogen-bond acceptors (Lipinski definition) is 5. The number of rotatable bonds is 2. The third-order valence-corrected chi connectivity index (χ3v) is 3.97. The standard InChI is InChI=1S/C14H17NO3S/c1-8-9(2)15-10(3)13(18-14(16)17-4)12(8)11-5-6-19-7-11/h5-7,12,15H,1-4H3. The minimum atomic E-state index is -0.691. The summed E-state index contributed by atoms with van der Waals surface area (Å²) in [6.07, 6.45) is -0.691. The first-order valence-electron chi connectivity index (χ1n) is 5.97. The Bertz CT molecular complexity index is 543. The molecule has 1 N–H and O–H groups in total. The Morgan fingerprint density at radius 3 is 2.63 bits per heavy atom. The van der Waals surface area contributed by atoms with E-state index in [0.717, 1.165) is 22.5 Å². The molecule has 1 aromatic heterocycles. The van der Waals surface area contributed by atoms with Gasteiger partial charge in [0, 0.05) is 5.70 Å². The van der Waals surface area contributed by atoms with Gasteiger partial charge in [-0.1, -0.05) is 0 Å². The van der Waals surface area contributed by atoms with Crippen LogP contribution < -0.4 is 5.32 Å². The molecule has 1 aliphatic heterocycles. The first kappa shape index (κ1) is 13.7. The highest BCUT2D eigenvalue weighted by atomic mass is 32.1. The molecule has 0 saturated heterocycles. The third kappa shape index (κ3) is 2.66. The van der Waals surface area contributed by atoms with E-state index in [1.807, 2.05) is 32.2 Å². The van der Waals surface area contributed by atoms with Crippen LogP contribution in [0, 0.1) is 0 Å². The van der Waals surface area contributed by atoms with Crippen LogP contribution in [-0.4, -0.2) is 13.3 Å². The fourth-order valence-electron chi connectivity index (χ4n) is 2.18. The van der Waals surface area contributed by atoms with Gasteiger partial charge < -0.3 is 14.8 Å². The molecule has 5 heteroatoms. The van der Waals surface area contributed by atoms with E-state index in [0.29, 0.717) is 5.76 Å². The van der Waals surface area contributed by atoms with E-state index in [9.17, 15) is 4.79 Å². The number of carbonyl (C=O) groups is 1. The quantitative estimate of drug-likeness (QED) is 0.838. The second kappa shape index (κ2) is 5.48. The number of nitrogens with one attached hydrogen (secondary N) is 1. The number of thiophene rings is 1. The van der Waals surface area contributed by atoms with E-state index >= 15 is 0 Å². The van der Waals surface area contributed by atoms with Crippen LogP contribution in [0.5, 0.6) is 0 Å². The molecular formula is C14H17NO3S. The molecule has 1 unspecified atom stereocenters. The molecule has 0 fully saturated rings. The minimum Gasteiger partial charge on any atom is -0.437 e. The molecule has 0 amide bonds. The highest BCUT2D eigenvalue weighted by Crippen LogP contribution is 2.38. The molecule has 19 heavy (non-hydrogen) atoms. The molecule has 1 aromatic rings. The number of dihydropyridines is 1. The van der Waals surface area contributed by atoms with Gasteiger partial charge in [-0.15, -0.1) is 0 Å². The van der Waals surface area contributed by atoms with Crippen LogP contribution in [0.4, 0.5) is 4.79 Å². The van der Waals surface area contributed by atoms with Crippen molar-refractivity contribution < 1.29 is 14.3 Å². The SMILES string of the molecule is COC(=O)OC1=C(C)NC(C)=C(C)C1c1ccsc1. The Morgan fingerprint density at radius 1 is 1.32 bits per heavy atom. The molecule has 2 rings (SSSR count). The molecule has 0 saturated carbocycles. The van der Waals surface area contributed by atoms with Crippen LogP contribution in [0.25, 0.3) is 0 Å². The summed E-state index contributed by atoms with van der Waals surface area (Å²) in [7, 11) is 1.31. The van der Waals surface area contributed by atoms with Crippen molar-refractivity contribution in [2.24, 2.45) is 0 Å². The zero-order chi connectivity index (χ0) is 14.0. The number of methoxy groups -OCH3 is 1. The summed E-state index contributed by atoms with van der Waals surface area (Å²) in [4.78, 5) is 11.4. The number of carbonyl (C=O) groups excluding carboxylic acids is 1. The van der Waals surface area contributed by atoms with Crippen molar-refractivity contribution in [2.75, 3.05) is 7.11 Å². The van der Waals surface area contributed by atoms with Crippen LogP contribution in [0.3, 0.4) is 0 Å². The topological polar surface area (TPSA) is 47.6 Å². The Kier molecular flexibility index (Phi) is 3.95. The second-order valence-corrected chi connectivity index (χ2v) is 5.25. The maximum absolute atomic E-state index is 11.4. The molecule has 1 aliphatic rings. The minimum absolute atomic E-state index is 0.0356. The van der Waals surface area contributed by atoms with Gasteiger partial charge in [0.15, 0.2) is 0 Å². The first-order chi connectivity index (χ1) is 9.04. The van der Waals surface area contributed by atoms with Gasteiger partial charge in [-0.25, -0.2) is 4.79 Å². The number of ether oxygens (including phenoxy) is 2. The fraction of sp³-hybridized carbons (Fsp3) is 0.357. The van der Waals surface area contributed by atoms with Crippen molar-refractivity contribution in [1.82, 2.24) is 5.32 Å². The van der Waals surface area contributed by atoms with Crippen LogP contribution in [-0.2, 0) is 9.47 Å². The molecule has 0 radical (unpaired) electrons. The summed E-state index contributed by atoms with van der Waals surface area (Å²) in [5, 5.41) is 7.32. The van der Waals surface area contributed by atoms with Gasteiger partial charge in [0.05, 0.1) is 18.7 Å². The van der Waals surface area contributed by atoms with Crippen LogP contribution in [0.2, 0.25) is 0 Å². The summed E-state index contributed by atoms with van der Waals surface area (Å²) in [5.74, 6) is 0.569. The molecule has 1 atom stereocenters. The number of allylic oxidation sites excluding steroid dienone is 3. The molecule has 0 spiro atoms. The van der Waals surface area contributed by atoms with Gasteiger partial charge in [0.2, 0.25) is 0 Å². The molecule has 0 bridgehead atoms. The van der Waals surface area contributed by atoms with E-state index in [1.54, 1.807) is 11.3 Å². The monoisotopic (exact) mass is 279 g/mol. The van der Waals surface area contributed by atoms with Crippen molar-refractivity contribution in [2.45, 2.75) is 26.7 Å². The highest BCUT2D eigenvalue weighted by Gasteiger charge is 2.30. The lowest BCUT2D eigenvalue weighted by atomic mass is 9.88. The summed E-state index contributed by atoms with van der Waals surface area (Å²) in [5.41, 5.74) is 4.19. The average Bonchev–Trinajstić information content (AvgIpc) is 2.89. The summed E-state index contributed by atoms with van der Waals surface area (Å²) >= 11 is 1.63. The summed E-state index contributed by atoms with van der Waals surface area (Å²) in [6.45, 7) is 5.96. The third-order valence-electron chi connectivity index (χ3n) is 3.27. The van der Waals surface area contributed by atoms with Gasteiger partial charge >= 0.3 is 6.16 Å². The van der Waals surface area contributed by atoms with Crippen LogP contribution >= 0.6 is 11.3 Å². The number of hydrogen-bond donors (Lipinski definition) is 1. The fourth-order valence-corrected chi connectivity index (χ4v) is 2.86. The predicted molar refractivity (Wildman–Crippen MR) is 74.8 cm³/mol. The smallest absolute Gasteiger partial charge is 0.437 e. The lowest BCUT2D eigenvalue weighted by molar-refractivity contribution is 0.0921. The van der Waals surface area contributed by atoms with Gasteiger partial charge in [0.1, 0.15) is 5.76 Å². The Morgan fingerprint density at radius 2 is 2.05 bits per heavy atom. The average molecular weight is 279 g/mol. The predicted octanol–water partition coefficient (Wildman–Crippen LogP) is 3.74. The summed E-state index contributed by atoms with van der Waals surface area (Å²) < 4.78 is 9.93. The van der Waals surface area contributed by atoms with E-state index in [-0.39, 0.29) is 5.92 Å². The molecule has 102 valence electrons. The Labute approximate surface area is 116 Å². The van der Waals surface area contributed by atoms with Gasteiger partial charge in [-0.3, -0.25) is 0 Å². The normalized spacial score (nSPS) is 19.3. The van der Waals surface area contributed by atoms with E-state index in [1.165, 1.54) is 7.11 Å². The Hall–Kier alpha value is -1.75. The van der Waals surface area contributed by atoms with Gasteiger partial charge in [0.25, 0.3) is 0 Å². The molecule has 0 aliphatic carbocycles. The zero-order valence-corrected chi connectivity index (χ0v) is 12.3. The molecular weight excluding hydrogens is 262 g/mol. The Balaban J connectivity index is 2.42. The van der Waals surface area contributed by atoms with Crippen molar-refractivity contribution in [3.05, 3.63) is 45.1 Å². The molecule has 2 heterocycles. The lowest BCUT2D eigenvalue weighted by Crippen LogP contribution is -2.25. The first-order valence-corrected chi connectivity index (χ1v) is 6.92. The largest absolute Gasteiger partial charge is 0.513 e. The van der Waals surface area contributed by atoms with Crippen LogP contribution in [0.1, 0.15) is 32.3 Å². The van der Waals surface area contributed by atoms with Crippen molar-refractivity contribution in [3.63, 3.8) is 0 Å². The molecule has 4 nitrogen and oxygen atoms in total. The highest BCUT2D eigenvalue weighted by molar-refractivity contribution is 7.08. The maximum atomic E-state index is 11.4. The summed E-state index contributed by atoms with van der Waals surface area (Å²) in [6, 6.07) is 2.05. The maximum Gasteiger partial charge on any atom is 0.513 e. The zero-order valence-electron chi connectivity index (χ0n) is 11.4.